The number of aromatic nitrogens is 1. The molecule has 7 heteroatoms. The van der Waals surface area contributed by atoms with E-state index in [1.165, 1.54) is 49.3 Å². The first kappa shape index (κ1) is 18.3. The summed E-state index contributed by atoms with van der Waals surface area (Å²) in [6.07, 6.45) is 2.87. The van der Waals surface area contributed by atoms with Crippen molar-refractivity contribution < 1.29 is 18.7 Å². The van der Waals surface area contributed by atoms with Gasteiger partial charge >= 0.3 is 5.97 Å². The van der Waals surface area contributed by atoms with E-state index in [9.17, 15) is 14.0 Å². The molecule has 0 atom stereocenters. The van der Waals surface area contributed by atoms with Crippen LogP contribution in [0.4, 0.5) is 15.9 Å². The highest BCUT2D eigenvalue weighted by Gasteiger charge is 2.21. The highest BCUT2D eigenvalue weighted by molar-refractivity contribution is 5.99. The minimum atomic E-state index is -0.661. The van der Waals surface area contributed by atoms with Gasteiger partial charge in [-0.2, -0.15) is 0 Å². The maximum atomic E-state index is 14.0. The number of rotatable bonds is 6. The Morgan fingerprint density at radius 3 is 2.72 bits per heavy atom. The van der Waals surface area contributed by atoms with Crippen LogP contribution in [0.15, 0.2) is 41.4 Å². The van der Waals surface area contributed by atoms with Gasteiger partial charge in [0, 0.05) is 18.7 Å². The topological polar surface area (TPSA) is 69.6 Å². The van der Waals surface area contributed by atoms with Crippen LogP contribution in [0.25, 0.3) is 6.08 Å². The summed E-state index contributed by atoms with van der Waals surface area (Å²) in [6.45, 7) is 2.25. The Hall–Kier alpha value is -3.09. The molecular weight excluding hydrogens is 327 g/mol. The molecule has 0 aliphatic carbocycles. The molecule has 0 aliphatic heterocycles. The van der Waals surface area contributed by atoms with Crippen LogP contribution < -0.4 is 10.9 Å². The van der Waals surface area contributed by atoms with Gasteiger partial charge in [-0.3, -0.25) is 9.36 Å². The molecule has 0 aliphatic rings. The molecule has 1 aromatic carbocycles. The largest absolute Gasteiger partial charge is 0.501 e. The van der Waals surface area contributed by atoms with Crippen molar-refractivity contribution in [1.82, 2.24) is 4.57 Å². The molecule has 1 aromatic heterocycles. The van der Waals surface area contributed by atoms with Gasteiger partial charge in [0.1, 0.15) is 17.2 Å². The third kappa shape index (κ3) is 4.06. The summed E-state index contributed by atoms with van der Waals surface area (Å²) >= 11 is 0. The van der Waals surface area contributed by atoms with E-state index in [4.69, 9.17) is 9.47 Å². The van der Waals surface area contributed by atoms with E-state index in [0.29, 0.717) is 12.2 Å². The van der Waals surface area contributed by atoms with Gasteiger partial charge in [-0.1, -0.05) is 12.1 Å². The number of halogens is 1. The number of ether oxygens (including phenoxy) is 2. The number of hydrogen-bond donors (Lipinski definition) is 1. The van der Waals surface area contributed by atoms with Gasteiger partial charge in [0.25, 0.3) is 5.56 Å². The van der Waals surface area contributed by atoms with Gasteiger partial charge < -0.3 is 14.8 Å². The minimum absolute atomic E-state index is 0.101. The molecule has 0 amide bonds. The van der Waals surface area contributed by atoms with Crippen LogP contribution >= 0.6 is 0 Å². The number of nitrogens with one attached hydrogen (secondary N) is 1. The Kier molecular flexibility index (Phi) is 5.94. The lowest BCUT2D eigenvalue weighted by molar-refractivity contribution is 0.0601. The highest BCUT2D eigenvalue weighted by Crippen LogP contribution is 2.25. The first-order valence-corrected chi connectivity index (χ1v) is 7.61. The van der Waals surface area contributed by atoms with Crippen molar-refractivity contribution in [2.24, 2.45) is 7.05 Å². The van der Waals surface area contributed by atoms with Crippen LogP contribution in [0.5, 0.6) is 0 Å². The summed E-state index contributed by atoms with van der Waals surface area (Å²) in [4.78, 5) is 24.5. The number of para-hydroxylation sites is 1. The number of carbonyl (C=O) groups is 1. The molecule has 0 spiro atoms. The molecule has 0 radical (unpaired) electrons. The van der Waals surface area contributed by atoms with E-state index in [2.05, 4.69) is 5.32 Å². The number of esters is 1. The number of benzene rings is 1. The van der Waals surface area contributed by atoms with Crippen molar-refractivity contribution in [2.45, 2.75) is 6.92 Å². The van der Waals surface area contributed by atoms with E-state index in [1.54, 1.807) is 19.1 Å². The Labute approximate surface area is 144 Å². The molecule has 0 bridgehead atoms. The smallest absolute Gasteiger partial charge is 0.342 e. The number of methoxy groups -OCH3 is 1. The molecule has 1 heterocycles. The maximum Gasteiger partial charge on any atom is 0.342 e. The van der Waals surface area contributed by atoms with E-state index in [0.717, 1.165) is 0 Å². The molecule has 132 valence electrons. The van der Waals surface area contributed by atoms with Gasteiger partial charge in [0.15, 0.2) is 0 Å². The van der Waals surface area contributed by atoms with Gasteiger partial charge in [-0.05, 0) is 25.1 Å². The molecule has 25 heavy (non-hydrogen) atoms. The van der Waals surface area contributed by atoms with Crippen molar-refractivity contribution in [3.63, 3.8) is 0 Å². The van der Waals surface area contributed by atoms with Crippen LogP contribution in [0, 0.1) is 5.82 Å². The molecule has 2 rings (SSSR count). The van der Waals surface area contributed by atoms with Crippen LogP contribution in [-0.2, 0) is 16.5 Å². The summed E-state index contributed by atoms with van der Waals surface area (Å²) < 4.78 is 25.1. The van der Waals surface area contributed by atoms with Crippen molar-refractivity contribution in [3.8, 4) is 0 Å². The Bertz CT molecular complexity index is 859. The average molecular weight is 346 g/mol. The van der Waals surface area contributed by atoms with Crippen molar-refractivity contribution in [2.75, 3.05) is 19.0 Å². The fourth-order valence-electron chi connectivity index (χ4n) is 2.22. The third-order valence-corrected chi connectivity index (χ3v) is 3.50. The van der Waals surface area contributed by atoms with E-state index >= 15 is 0 Å². The normalized spacial score (nSPS) is 10.7. The number of nitrogens with zero attached hydrogens (tertiary/aromatic N) is 1. The molecule has 0 saturated carbocycles. The zero-order valence-corrected chi connectivity index (χ0v) is 14.2. The predicted octanol–water partition coefficient (Wildman–Crippen LogP) is 3.06. The van der Waals surface area contributed by atoms with Crippen molar-refractivity contribution in [1.29, 1.82) is 0 Å². The fourth-order valence-corrected chi connectivity index (χ4v) is 2.22. The maximum absolute atomic E-state index is 14.0. The molecular formula is C18H19FN2O4. The molecule has 1 N–H and O–H groups in total. The zero-order chi connectivity index (χ0) is 18.4. The lowest BCUT2D eigenvalue weighted by Gasteiger charge is -2.17. The first-order chi connectivity index (χ1) is 12.0. The second-order valence-corrected chi connectivity index (χ2v) is 5.08. The summed E-state index contributed by atoms with van der Waals surface area (Å²) in [5.41, 5.74) is 0.169. The average Bonchev–Trinajstić information content (AvgIpc) is 2.60. The molecule has 0 saturated heterocycles. The van der Waals surface area contributed by atoms with Crippen molar-refractivity contribution >= 4 is 23.6 Å². The quantitative estimate of drug-likeness (QED) is 0.643. The minimum Gasteiger partial charge on any atom is -0.501 e. The molecule has 2 aromatic rings. The summed E-state index contributed by atoms with van der Waals surface area (Å²) in [5.74, 6) is -1.05. The Balaban J connectivity index is 2.65. The van der Waals surface area contributed by atoms with Gasteiger partial charge in [0.05, 0.1) is 25.7 Å². The monoisotopic (exact) mass is 346 g/mol. The van der Waals surface area contributed by atoms with Crippen LogP contribution in [0.1, 0.15) is 22.8 Å². The number of carbonyl (C=O) groups excluding carboxylic acids is 1. The van der Waals surface area contributed by atoms with E-state index in [-0.39, 0.29) is 22.6 Å². The summed E-state index contributed by atoms with van der Waals surface area (Å²) in [5, 5.41) is 2.81. The first-order valence-electron chi connectivity index (χ1n) is 7.61. The number of hydrogen-bond acceptors (Lipinski definition) is 5. The van der Waals surface area contributed by atoms with Crippen molar-refractivity contribution in [3.05, 3.63) is 63.9 Å². The molecule has 0 fully saturated rings. The van der Waals surface area contributed by atoms with Crippen LogP contribution in [0.3, 0.4) is 0 Å². The lowest BCUT2D eigenvalue weighted by Crippen LogP contribution is -2.24. The second-order valence-electron chi connectivity index (χ2n) is 5.08. The summed E-state index contributed by atoms with van der Waals surface area (Å²) in [6, 6.07) is 7.25. The van der Waals surface area contributed by atoms with Gasteiger partial charge in [-0.25, -0.2) is 9.18 Å². The Morgan fingerprint density at radius 1 is 1.36 bits per heavy atom. The zero-order valence-electron chi connectivity index (χ0n) is 14.2. The van der Waals surface area contributed by atoms with E-state index < -0.39 is 11.8 Å². The Morgan fingerprint density at radius 2 is 2.08 bits per heavy atom. The van der Waals surface area contributed by atoms with E-state index in [1.807, 2.05) is 0 Å². The van der Waals surface area contributed by atoms with Gasteiger partial charge in [0.2, 0.25) is 0 Å². The number of anilines is 2. The molecule has 0 unspecified atom stereocenters. The van der Waals surface area contributed by atoms with Crippen LogP contribution in [-0.4, -0.2) is 24.3 Å². The second kappa shape index (κ2) is 8.14. The predicted molar refractivity (Wildman–Crippen MR) is 93.4 cm³/mol. The molecule has 6 nitrogen and oxygen atoms in total. The summed E-state index contributed by atoms with van der Waals surface area (Å²) in [7, 11) is 2.71. The lowest BCUT2D eigenvalue weighted by atomic mass is 10.1. The van der Waals surface area contributed by atoms with Crippen LogP contribution in [0.2, 0.25) is 0 Å². The fraction of sp³-hybridized carbons (Fsp3) is 0.222. The highest BCUT2D eigenvalue weighted by atomic mass is 19.1. The number of pyridine rings is 1. The van der Waals surface area contributed by atoms with Gasteiger partial charge in [-0.15, -0.1) is 0 Å². The SMILES string of the molecule is CCO/C=C/c1cc(=O)n(C)c(Nc2ccccc2F)c1C(=O)OC. The third-order valence-electron chi connectivity index (χ3n) is 3.50. The standard InChI is InChI=1S/C18H19FN2O4/c1-4-25-10-9-12-11-15(22)21(2)17(16(12)18(23)24-3)20-14-8-6-5-7-13(14)19/h5-11,20H,4H2,1-3H3/b10-9+.